The van der Waals surface area contributed by atoms with Crippen molar-refractivity contribution in [2.45, 2.75) is 36.5 Å². The predicted molar refractivity (Wildman–Crippen MR) is 77.2 cm³/mol. The first-order chi connectivity index (χ1) is 9.59. The molecule has 2 amide bonds. The quantitative estimate of drug-likeness (QED) is 0.846. The van der Waals surface area contributed by atoms with Crippen LogP contribution < -0.4 is 5.32 Å². The number of rotatable bonds is 2. The van der Waals surface area contributed by atoms with E-state index in [0.29, 0.717) is 0 Å². The number of hydrogen-bond donors (Lipinski definition) is 1. The Hall–Kier alpha value is -1.63. The van der Waals surface area contributed by atoms with Crippen molar-refractivity contribution in [2.75, 3.05) is 13.1 Å². The molecular formula is C14H19FN2O3S. The van der Waals surface area contributed by atoms with Gasteiger partial charge in [-0.3, -0.25) is 0 Å². The lowest BCUT2D eigenvalue weighted by Gasteiger charge is -2.40. The summed E-state index contributed by atoms with van der Waals surface area (Å²) in [4.78, 5) is 13.4. The molecule has 0 spiro atoms. The van der Waals surface area contributed by atoms with Gasteiger partial charge in [0.2, 0.25) is 0 Å². The van der Waals surface area contributed by atoms with E-state index < -0.39 is 20.9 Å². The fourth-order valence-corrected chi connectivity index (χ4v) is 3.67. The first-order valence-corrected chi connectivity index (χ1v) is 8.21. The first kappa shape index (κ1) is 15.8. The van der Waals surface area contributed by atoms with Gasteiger partial charge in [0.1, 0.15) is 11.1 Å². The number of carbonyl (C=O) groups excluding carboxylic acids is 1. The molecule has 0 radical (unpaired) electrons. The number of hydrogen-bond acceptors (Lipinski definition) is 3. The summed E-state index contributed by atoms with van der Waals surface area (Å²) < 4.78 is 37.4. The lowest BCUT2D eigenvalue weighted by molar-refractivity contribution is 0.161. The Morgan fingerprint density at radius 2 is 1.76 bits per heavy atom. The van der Waals surface area contributed by atoms with Crippen LogP contribution in [0.5, 0.6) is 0 Å². The smallest absolute Gasteiger partial charge is 0.317 e. The highest BCUT2D eigenvalue weighted by atomic mass is 32.2. The Morgan fingerprint density at radius 3 is 2.24 bits per heavy atom. The number of halogens is 1. The molecule has 1 aliphatic rings. The SMILES string of the molecule is CC(C)(C)NC(=O)N1CC(S(=O)(=O)c2ccc(F)cc2)C1. The minimum atomic E-state index is -3.52. The van der Waals surface area contributed by atoms with E-state index in [1.807, 2.05) is 20.8 Å². The molecule has 0 unspecified atom stereocenters. The fraction of sp³-hybridized carbons (Fsp3) is 0.500. The molecule has 1 aliphatic heterocycles. The molecule has 2 rings (SSSR count). The third kappa shape index (κ3) is 3.53. The standard InChI is InChI=1S/C14H19FN2O3S/c1-14(2,3)16-13(18)17-8-12(9-17)21(19,20)11-6-4-10(15)5-7-11/h4-7,12H,8-9H2,1-3H3,(H,16,18). The fourth-order valence-electron chi connectivity index (χ4n) is 2.02. The summed E-state index contributed by atoms with van der Waals surface area (Å²) in [6, 6.07) is 4.48. The lowest BCUT2D eigenvalue weighted by atomic mass is 10.1. The summed E-state index contributed by atoms with van der Waals surface area (Å²) >= 11 is 0. The van der Waals surface area contributed by atoms with Gasteiger partial charge in [-0.1, -0.05) is 0 Å². The Bertz CT molecular complexity index is 629. The van der Waals surface area contributed by atoms with Crippen LogP contribution in [0.1, 0.15) is 20.8 Å². The van der Waals surface area contributed by atoms with E-state index in [2.05, 4.69) is 5.32 Å². The van der Waals surface area contributed by atoms with Crippen LogP contribution in [-0.4, -0.2) is 43.2 Å². The Balaban J connectivity index is 2.00. The van der Waals surface area contributed by atoms with Crippen LogP contribution in [0.4, 0.5) is 9.18 Å². The third-order valence-electron chi connectivity index (χ3n) is 3.20. The van der Waals surface area contributed by atoms with Crippen molar-refractivity contribution in [2.24, 2.45) is 0 Å². The second-order valence-electron chi connectivity index (χ2n) is 6.21. The van der Waals surface area contributed by atoms with Gasteiger partial charge in [0.15, 0.2) is 9.84 Å². The van der Waals surface area contributed by atoms with Gasteiger partial charge in [-0.2, -0.15) is 0 Å². The first-order valence-electron chi connectivity index (χ1n) is 6.66. The molecule has 0 aliphatic carbocycles. The van der Waals surface area contributed by atoms with Gasteiger partial charge in [-0.05, 0) is 45.0 Å². The number of carbonyl (C=O) groups is 1. The molecule has 0 bridgehead atoms. The summed E-state index contributed by atoms with van der Waals surface area (Å²) in [7, 11) is -3.52. The van der Waals surface area contributed by atoms with Crippen molar-refractivity contribution < 1.29 is 17.6 Å². The summed E-state index contributed by atoms with van der Waals surface area (Å²) in [5.41, 5.74) is -0.363. The molecule has 0 atom stereocenters. The van der Waals surface area contributed by atoms with E-state index in [4.69, 9.17) is 0 Å². The molecule has 1 saturated heterocycles. The number of nitrogens with zero attached hydrogens (tertiary/aromatic N) is 1. The van der Waals surface area contributed by atoms with Gasteiger partial charge in [0, 0.05) is 18.6 Å². The van der Waals surface area contributed by atoms with E-state index in [1.54, 1.807) is 0 Å². The van der Waals surface area contributed by atoms with Gasteiger partial charge in [-0.25, -0.2) is 17.6 Å². The maximum atomic E-state index is 12.8. The average Bonchev–Trinajstić information content (AvgIpc) is 2.24. The van der Waals surface area contributed by atoms with Crippen LogP contribution in [0, 0.1) is 5.82 Å². The van der Waals surface area contributed by atoms with Crippen molar-refractivity contribution in [1.82, 2.24) is 10.2 Å². The van der Waals surface area contributed by atoms with Crippen molar-refractivity contribution in [3.05, 3.63) is 30.1 Å². The summed E-state index contributed by atoms with van der Waals surface area (Å²) in [5, 5.41) is 2.15. The molecule has 1 aromatic carbocycles. The number of sulfone groups is 1. The molecule has 0 aromatic heterocycles. The molecule has 1 heterocycles. The summed E-state index contributed by atoms with van der Waals surface area (Å²) in [6.45, 7) is 5.88. The Kier molecular flexibility index (Phi) is 3.97. The largest absolute Gasteiger partial charge is 0.333 e. The van der Waals surface area contributed by atoms with Gasteiger partial charge >= 0.3 is 6.03 Å². The monoisotopic (exact) mass is 314 g/mol. The van der Waals surface area contributed by atoms with Gasteiger partial charge < -0.3 is 10.2 Å². The second kappa shape index (κ2) is 5.29. The van der Waals surface area contributed by atoms with Crippen molar-refractivity contribution in [3.63, 3.8) is 0 Å². The lowest BCUT2D eigenvalue weighted by Crippen LogP contribution is -2.61. The van der Waals surface area contributed by atoms with E-state index in [-0.39, 0.29) is 29.6 Å². The molecule has 21 heavy (non-hydrogen) atoms. The van der Waals surface area contributed by atoms with E-state index in [0.717, 1.165) is 12.1 Å². The highest BCUT2D eigenvalue weighted by Crippen LogP contribution is 2.24. The van der Waals surface area contributed by atoms with E-state index in [9.17, 15) is 17.6 Å². The average molecular weight is 314 g/mol. The van der Waals surface area contributed by atoms with E-state index >= 15 is 0 Å². The molecular weight excluding hydrogens is 295 g/mol. The second-order valence-corrected chi connectivity index (χ2v) is 8.43. The zero-order chi connectivity index (χ0) is 15.8. The summed E-state index contributed by atoms with van der Waals surface area (Å²) in [5.74, 6) is -0.478. The third-order valence-corrected chi connectivity index (χ3v) is 5.30. The van der Waals surface area contributed by atoms with Gasteiger partial charge in [-0.15, -0.1) is 0 Å². The minimum absolute atomic E-state index is 0.0878. The zero-order valence-corrected chi connectivity index (χ0v) is 13.1. The van der Waals surface area contributed by atoms with Crippen molar-refractivity contribution in [3.8, 4) is 0 Å². The normalized spacial score (nSPS) is 16.5. The summed E-state index contributed by atoms with van der Waals surface area (Å²) in [6.07, 6.45) is 0. The van der Waals surface area contributed by atoms with Crippen LogP contribution in [0.3, 0.4) is 0 Å². The van der Waals surface area contributed by atoms with Crippen LogP contribution >= 0.6 is 0 Å². The molecule has 1 N–H and O–H groups in total. The molecule has 1 fully saturated rings. The predicted octanol–water partition coefficient (Wildman–Crippen LogP) is 1.79. The van der Waals surface area contributed by atoms with Crippen LogP contribution in [0.15, 0.2) is 29.2 Å². The number of nitrogens with one attached hydrogen (secondary N) is 1. The number of amides is 2. The number of likely N-dealkylation sites (tertiary alicyclic amines) is 1. The maximum Gasteiger partial charge on any atom is 0.317 e. The van der Waals surface area contributed by atoms with E-state index in [1.165, 1.54) is 17.0 Å². The van der Waals surface area contributed by atoms with Gasteiger partial charge in [0.05, 0.1) is 4.90 Å². The van der Waals surface area contributed by atoms with Crippen molar-refractivity contribution >= 4 is 15.9 Å². The van der Waals surface area contributed by atoms with Crippen molar-refractivity contribution in [1.29, 1.82) is 0 Å². The molecule has 116 valence electrons. The number of benzene rings is 1. The highest BCUT2D eigenvalue weighted by Gasteiger charge is 2.41. The molecule has 0 saturated carbocycles. The van der Waals surface area contributed by atoms with Crippen LogP contribution in [0.25, 0.3) is 0 Å². The highest BCUT2D eigenvalue weighted by molar-refractivity contribution is 7.92. The van der Waals surface area contributed by atoms with Gasteiger partial charge in [0.25, 0.3) is 0 Å². The Morgan fingerprint density at radius 1 is 1.24 bits per heavy atom. The maximum absolute atomic E-state index is 12.8. The van der Waals surface area contributed by atoms with Crippen LogP contribution in [0.2, 0.25) is 0 Å². The Labute approximate surface area is 124 Å². The molecule has 7 heteroatoms. The zero-order valence-electron chi connectivity index (χ0n) is 12.3. The topological polar surface area (TPSA) is 66.5 Å². The number of urea groups is 1. The molecule has 5 nitrogen and oxygen atoms in total. The minimum Gasteiger partial charge on any atom is -0.333 e. The molecule has 1 aromatic rings. The van der Waals surface area contributed by atoms with Crippen LogP contribution in [-0.2, 0) is 9.84 Å².